The van der Waals surface area contributed by atoms with Gasteiger partial charge in [-0.25, -0.2) is 9.59 Å². The zero-order valence-electron chi connectivity index (χ0n) is 11.7. The molecule has 1 amide bonds. The lowest BCUT2D eigenvalue weighted by atomic mass is 10.1. The average molecular weight is 261 g/mol. The maximum absolute atomic E-state index is 11.6. The minimum Gasteiger partial charge on any atom is -0.467 e. The molecule has 0 aliphatic carbocycles. The first-order valence-corrected chi connectivity index (χ1v) is 6.16. The van der Waals surface area contributed by atoms with E-state index in [1.807, 2.05) is 0 Å². The maximum atomic E-state index is 11.6. The third-order valence-corrected chi connectivity index (χ3v) is 2.17. The zero-order chi connectivity index (χ0) is 14.2. The van der Waals surface area contributed by atoms with Crippen molar-refractivity contribution in [1.29, 1.82) is 0 Å². The van der Waals surface area contributed by atoms with Gasteiger partial charge in [-0.15, -0.1) is 0 Å². The van der Waals surface area contributed by atoms with Crippen molar-refractivity contribution >= 4 is 12.1 Å². The molecule has 0 saturated carbocycles. The van der Waals surface area contributed by atoms with Gasteiger partial charge in [-0.2, -0.15) is 0 Å². The van der Waals surface area contributed by atoms with Crippen molar-refractivity contribution in [2.45, 2.75) is 51.7 Å². The van der Waals surface area contributed by atoms with E-state index in [0.29, 0.717) is 6.42 Å². The Bertz CT molecular complexity index is 274. The molecular formula is C12H25N2O4+. The number of ether oxygens (including phenoxy) is 2. The quantitative estimate of drug-likeness (QED) is 0.537. The first kappa shape index (κ1) is 16.7. The van der Waals surface area contributed by atoms with Crippen molar-refractivity contribution < 1.29 is 24.8 Å². The Labute approximate surface area is 108 Å². The third-order valence-electron chi connectivity index (χ3n) is 2.17. The van der Waals surface area contributed by atoms with Crippen LogP contribution in [0.1, 0.15) is 40.0 Å². The van der Waals surface area contributed by atoms with Crippen LogP contribution in [0.4, 0.5) is 4.79 Å². The summed E-state index contributed by atoms with van der Waals surface area (Å²) in [7, 11) is 1.30. The molecular weight excluding hydrogens is 236 g/mol. The van der Waals surface area contributed by atoms with Crippen LogP contribution in [-0.4, -0.2) is 37.4 Å². The second-order valence-corrected chi connectivity index (χ2v) is 5.07. The van der Waals surface area contributed by atoms with E-state index in [0.717, 1.165) is 19.4 Å². The summed E-state index contributed by atoms with van der Waals surface area (Å²) in [6.07, 6.45) is 1.64. The van der Waals surface area contributed by atoms with Crippen molar-refractivity contribution in [2.24, 2.45) is 0 Å². The molecule has 6 heteroatoms. The van der Waals surface area contributed by atoms with E-state index < -0.39 is 23.7 Å². The Morgan fingerprint density at radius 1 is 1.28 bits per heavy atom. The van der Waals surface area contributed by atoms with E-state index in [1.54, 1.807) is 20.8 Å². The van der Waals surface area contributed by atoms with Crippen LogP contribution in [0.15, 0.2) is 0 Å². The molecule has 0 bridgehead atoms. The van der Waals surface area contributed by atoms with Crippen LogP contribution in [0, 0.1) is 0 Å². The summed E-state index contributed by atoms with van der Waals surface area (Å²) in [5.74, 6) is -0.454. The molecule has 1 atom stereocenters. The molecule has 0 saturated heterocycles. The Hall–Kier alpha value is -1.30. The molecule has 0 aromatic heterocycles. The van der Waals surface area contributed by atoms with Crippen LogP contribution in [0.25, 0.3) is 0 Å². The number of methoxy groups -OCH3 is 1. The van der Waals surface area contributed by atoms with Crippen molar-refractivity contribution in [3.05, 3.63) is 0 Å². The van der Waals surface area contributed by atoms with Gasteiger partial charge in [0, 0.05) is 0 Å². The van der Waals surface area contributed by atoms with Crippen LogP contribution >= 0.6 is 0 Å². The number of unbranched alkanes of at least 4 members (excludes halogenated alkanes) is 1. The van der Waals surface area contributed by atoms with Gasteiger partial charge in [0.25, 0.3) is 0 Å². The molecule has 0 rings (SSSR count). The molecule has 4 N–H and O–H groups in total. The van der Waals surface area contributed by atoms with Crippen LogP contribution in [0.5, 0.6) is 0 Å². The summed E-state index contributed by atoms with van der Waals surface area (Å²) in [4.78, 5) is 23.1. The number of nitrogens with one attached hydrogen (secondary N) is 1. The highest BCUT2D eigenvalue weighted by Gasteiger charge is 2.24. The molecule has 106 valence electrons. The van der Waals surface area contributed by atoms with Gasteiger partial charge in [0.15, 0.2) is 0 Å². The second-order valence-electron chi connectivity index (χ2n) is 5.07. The number of quaternary nitrogens is 1. The number of amides is 1. The van der Waals surface area contributed by atoms with Gasteiger partial charge in [0.1, 0.15) is 11.6 Å². The van der Waals surface area contributed by atoms with E-state index in [9.17, 15) is 9.59 Å². The van der Waals surface area contributed by atoms with Gasteiger partial charge >= 0.3 is 12.1 Å². The number of hydrogen-bond acceptors (Lipinski definition) is 4. The van der Waals surface area contributed by atoms with Gasteiger partial charge < -0.3 is 20.5 Å². The monoisotopic (exact) mass is 261 g/mol. The van der Waals surface area contributed by atoms with E-state index in [1.165, 1.54) is 7.11 Å². The van der Waals surface area contributed by atoms with Crippen LogP contribution < -0.4 is 11.1 Å². The number of hydrogen-bond donors (Lipinski definition) is 2. The lowest BCUT2D eigenvalue weighted by molar-refractivity contribution is -0.368. The molecule has 18 heavy (non-hydrogen) atoms. The molecule has 0 spiro atoms. The molecule has 0 heterocycles. The summed E-state index contributed by atoms with van der Waals surface area (Å²) in [6, 6.07) is -0.656. The standard InChI is InChI=1S/C12H24N2O4/c1-12(2,3)18-11(16)14-9(10(15)17-4)7-5-6-8-13/h9H,5-8,13H2,1-4H3,(H,14,16)/p+1/t9-/m0/s1. The predicted molar refractivity (Wildman–Crippen MR) is 66.8 cm³/mol. The molecule has 0 fully saturated rings. The van der Waals surface area contributed by atoms with Gasteiger partial charge in [-0.1, -0.05) is 0 Å². The summed E-state index contributed by atoms with van der Waals surface area (Å²) in [6.45, 7) is 6.10. The molecule has 6 nitrogen and oxygen atoms in total. The van der Waals surface area contributed by atoms with Crippen molar-refractivity contribution in [2.75, 3.05) is 13.7 Å². The minimum atomic E-state index is -0.656. The SMILES string of the molecule is COC(=O)[C@H](CCCC[NH3+])NC(=O)OC(C)(C)C. The van der Waals surface area contributed by atoms with Gasteiger partial charge in [0.05, 0.1) is 13.7 Å². The highest BCUT2D eigenvalue weighted by Crippen LogP contribution is 2.08. The number of alkyl carbamates (subject to hydrolysis) is 1. The topological polar surface area (TPSA) is 92.3 Å². The predicted octanol–water partition coefficient (Wildman–Crippen LogP) is 0.465. The summed E-state index contributed by atoms with van der Waals surface area (Å²) >= 11 is 0. The van der Waals surface area contributed by atoms with E-state index >= 15 is 0 Å². The lowest BCUT2D eigenvalue weighted by Gasteiger charge is -2.22. The van der Waals surface area contributed by atoms with E-state index in [4.69, 9.17) is 4.74 Å². The Kier molecular flexibility index (Phi) is 7.35. The summed E-state index contributed by atoms with van der Waals surface area (Å²) in [5.41, 5.74) is 3.14. The zero-order valence-corrected chi connectivity index (χ0v) is 11.7. The fourth-order valence-corrected chi connectivity index (χ4v) is 1.37. The van der Waals surface area contributed by atoms with E-state index in [2.05, 4.69) is 15.8 Å². The fourth-order valence-electron chi connectivity index (χ4n) is 1.37. The van der Waals surface area contributed by atoms with Crippen LogP contribution in [0.3, 0.4) is 0 Å². The Morgan fingerprint density at radius 2 is 1.89 bits per heavy atom. The van der Waals surface area contributed by atoms with Crippen molar-refractivity contribution in [3.63, 3.8) is 0 Å². The molecule has 0 aromatic rings. The molecule has 0 aromatic carbocycles. The fraction of sp³-hybridized carbons (Fsp3) is 0.833. The first-order valence-electron chi connectivity index (χ1n) is 6.16. The second kappa shape index (κ2) is 7.92. The Morgan fingerprint density at radius 3 is 2.33 bits per heavy atom. The van der Waals surface area contributed by atoms with E-state index in [-0.39, 0.29) is 0 Å². The number of carbonyl (C=O) groups is 2. The largest absolute Gasteiger partial charge is 0.467 e. The van der Waals surface area contributed by atoms with Crippen LogP contribution in [-0.2, 0) is 14.3 Å². The highest BCUT2D eigenvalue weighted by molar-refractivity contribution is 5.81. The number of carbonyl (C=O) groups excluding carboxylic acids is 2. The Balaban J connectivity index is 4.31. The smallest absolute Gasteiger partial charge is 0.408 e. The summed E-state index contributed by atoms with van der Waals surface area (Å²) < 4.78 is 9.75. The van der Waals surface area contributed by atoms with Gasteiger partial charge in [-0.05, 0) is 40.0 Å². The van der Waals surface area contributed by atoms with Crippen molar-refractivity contribution in [3.8, 4) is 0 Å². The minimum absolute atomic E-state index is 0.454. The normalized spacial score (nSPS) is 12.7. The molecule has 0 aliphatic rings. The highest BCUT2D eigenvalue weighted by atomic mass is 16.6. The van der Waals surface area contributed by atoms with Gasteiger partial charge in [-0.3, -0.25) is 0 Å². The average Bonchev–Trinajstić information content (AvgIpc) is 2.24. The summed E-state index contributed by atoms with van der Waals surface area (Å²) in [5, 5.41) is 2.53. The molecule has 0 aliphatic heterocycles. The molecule has 0 unspecified atom stereocenters. The third kappa shape index (κ3) is 7.89. The first-order chi connectivity index (χ1) is 8.30. The number of esters is 1. The van der Waals surface area contributed by atoms with Crippen molar-refractivity contribution in [1.82, 2.24) is 5.32 Å². The van der Waals surface area contributed by atoms with Crippen LogP contribution in [0.2, 0.25) is 0 Å². The van der Waals surface area contributed by atoms with Gasteiger partial charge in [0.2, 0.25) is 0 Å². The molecule has 0 radical (unpaired) electrons. The lowest BCUT2D eigenvalue weighted by Crippen LogP contribution is -2.50. The maximum Gasteiger partial charge on any atom is 0.408 e. The number of rotatable bonds is 6.